The van der Waals surface area contributed by atoms with Gasteiger partial charge >= 0.3 is 0 Å². The molecule has 3 aromatic rings. The predicted octanol–water partition coefficient (Wildman–Crippen LogP) is 6.39. The maximum absolute atomic E-state index is 13.6. The first-order chi connectivity index (χ1) is 16.8. The van der Waals surface area contributed by atoms with E-state index in [1.54, 1.807) is 7.11 Å². The van der Waals surface area contributed by atoms with Crippen molar-refractivity contribution in [2.45, 2.75) is 40.2 Å². The molecule has 35 heavy (non-hydrogen) atoms. The minimum absolute atomic E-state index is 0.135. The maximum Gasteiger partial charge on any atom is 0.253 e. The molecule has 4 nitrogen and oxygen atoms in total. The van der Waals surface area contributed by atoms with Gasteiger partial charge in [0, 0.05) is 54.0 Å². The molecule has 0 aliphatic carbocycles. The van der Waals surface area contributed by atoms with Crippen molar-refractivity contribution in [1.82, 2.24) is 9.80 Å². The molecule has 5 heteroatoms. The average Bonchev–Trinajstić information content (AvgIpc) is 3.44. The van der Waals surface area contributed by atoms with Gasteiger partial charge in [0.15, 0.2) is 0 Å². The number of thiophene rings is 1. The third-order valence-electron chi connectivity index (χ3n) is 6.84. The number of hydrogen-bond acceptors (Lipinski definition) is 4. The van der Waals surface area contributed by atoms with E-state index in [2.05, 4.69) is 67.8 Å². The molecule has 1 aliphatic heterocycles. The average molecular weight is 491 g/mol. The third-order valence-corrected chi connectivity index (χ3v) is 7.83. The molecule has 1 saturated heterocycles. The summed E-state index contributed by atoms with van der Waals surface area (Å²) in [6, 6.07) is 20.9. The summed E-state index contributed by atoms with van der Waals surface area (Å²) in [4.78, 5) is 21.0. The van der Waals surface area contributed by atoms with Crippen LogP contribution >= 0.6 is 11.3 Å². The lowest BCUT2D eigenvalue weighted by molar-refractivity contribution is 0.0703. The predicted molar refractivity (Wildman–Crippen MR) is 145 cm³/mol. The van der Waals surface area contributed by atoms with E-state index in [-0.39, 0.29) is 5.91 Å². The van der Waals surface area contributed by atoms with Crippen molar-refractivity contribution < 1.29 is 9.53 Å². The highest BCUT2D eigenvalue weighted by atomic mass is 32.1. The molecule has 4 rings (SSSR count). The zero-order valence-electron chi connectivity index (χ0n) is 21.7. The number of nitrogens with zero attached hydrogens (tertiary/aromatic N) is 2. The molecule has 2 aromatic carbocycles. The fourth-order valence-electron chi connectivity index (χ4n) is 5.16. The molecule has 1 amide bonds. The van der Waals surface area contributed by atoms with Gasteiger partial charge in [-0.1, -0.05) is 43.7 Å². The maximum atomic E-state index is 13.6. The van der Waals surface area contributed by atoms with Crippen molar-refractivity contribution >= 4 is 17.2 Å². The minimum atomic E-state index is 0.135. The second-order valence-corrected chi connectivity index (χ2v) is 11.7. The van der Waals surface area contributed by atoms with E-state index in [0.29, 0.717) is 17.8 Å². The Morgan fingerprint density at radius 2 is 1.86 bits per heavy atom. The number of methoxy groups -OCH3 is 1. The van der Waals surface area contributed by atoms with Crippen LogP contribution in [0.1, 0.15) is 51.0 Å². The lowest BCUT2D eigenvalue weighted by atomic mass is 9.88. The van der Waals surface area contributed by atoms with Crippen molar-refractivity contribution in [3.05, 3.63) is 87.1 Å². The van der Waals surface area contributed by atoms with E-state index in [0.717, 1.165) is 44.0 Å². The lowest BCUT2D eigenvalue weighted by Gasteiger charge is -2.30. The number of ether oxygens (including phenoxy) is 1. The Balaban J connectivity index is 1.59. The summed E-state index contributed by atoms with van der Waals surface area (Å²) >= 11 is 1.88. The van der Waals surface area contributed by atoms with Crippen molar-refractivity contribution in [3.8, 4) is 5.75 Å². The SMILES string of the molecule is COc1cccc(C2CN(Cc3ccc(C)s3)CC2CN(CC(C)C)C(=O)c2ccc(C)cc2)c1. The molecule has 1 fully saturated rings. The van der Waals surface area contributed by atoms with E-state index in [1.807, 2.05) is 41.7 Å². The van der Waals surface area contributed by atoms with Crippen LogP contribution in [0.15, 0.2) is 60.7 Å². The number of rotatable bonds is 9. The van der Waals surface area contributed by atoms with Crippen molar-refractivity contribution in [1.29, 1.82) is 0 Å². The van der Waals surface area contributed by atoms with Gasteiger partial charge in [0.1, 0.15) is 5.75 Å². The largest absolute Gasteiger partial charge is 0.497 e. The van der Waals surface area contributed by atoms with E-state index in [4.69, 9.17) is 4.74 Å². The van der Waals surface area contributed by atoms with Crippen LogP contribution in [0.3, 0.4) is 0 Å². The summed E-state index contributed by atoms with van der Waals surface area (Å²) in [5, 5.41) is 0. The molecule has 2 atom stereocenters. The zero-order valence-corrected chi connectivity index (χ0v) is 22.5. The normalized spacial score (nSPS) is 18.2. The molecule has 2 unspecified atom stereocenters. The van der Waals surface area contributed by atoms with Crippen LogP contribution in [0.4, 0.5) is 0 Å². The molecular weight excluding hydrogens is 452 g/mol. The van der Waals surface area contributed by atoms with Crippen LogP contribution in [0.25, 0.3) is 0 Å². The molecule has 1 aliphatic rings. The van der Waals surface area contributed by atoms with Gasteiger partial charge in [-0.3, -0.25) is 9.69 Å². The summed E-state index contributed by atoms with van der Waals surface area (Å²) < 4.78 is 5.54. The molecular formula is C30H38N2O2S. The molecule has 186 valence electrons. The van der Waals surface area contributed by atoms with Crippen LogP contribution in [-0.4, -0.2) is 49.0 Å². The Bertz CT molecular complexity index is 1120. The number of hydrogen-bond donors (Lipinski definition) is 0. The third kappa shape index (κ3) is 6.53. The Kier molecular flexibility index (Phi) is 8.30. The van der Waals surface area contributed by atoms with Crippen LogP contribution in [0.5, 0.6) is 5.75 Å². The fraction of sp³-hybridized carbons (Fsp3) is 0.433. The monoisotopic (exact) mass is 490 g/mol. The summed E-state index contributed by atoms with van der Waals surface area (Å²) in [7, 11) is 1.72. The Hall–Kier alpha value is -2.63. The van der Waals surface area contributed by atoms with Gasteiger partial charge in [0.2, 0.25) is 0 Å². The zero-order chi connectivity index (χ0) is 24.9. The van der Waals surface area contributed by atoms with Crippen LogP contribution in [0.2, 0.25) is 0 Å². The first kappa shape index (κ1) is 25.5. The standard InChI is InChI=1S/C30H38N2O2S/c1-21(2)16-32(30(33)24-12-9-22(3)10-13-24)18-26-17-31(19-28-14-11-23(4)35-28)20-29(26)25-7-6-8-27(15-25)34-5/h6-15,21,26,29H,16-20H2,1-5H3. The number of carbonyl (C=O) groups excluding carboxylic acids is 1. The van der Waals surface area contributed by atoms with E-state index < -0.39 is 0 Å². The molecule has 2 heterocycles. The van der Waals surface area contributed by atoms with Gasteiger partial charge in [0.25, 0.3) is 5.91 Å². The molecule has 0 radical (unpaired) electrons. The van der Waals surface area contributed by atoms with Gasteiger partial charge in [0.05, 0.1) is 7.11 Å². The number of likely N-dealkylation sites (tertiary alicyclic amines) is 1. The fourth-order valence-corrected chi connectivity index (χ4v) is 6.09. The molecule has 0 bridgehead atoms. The summed E-state index contributed by atoms with van der Waals surface area (Å²) in [5.41, 5.74) is 3.25. The number of amides is 1. The van der Waals surface area contributed by atoms with Crippen molar-refractivity contribution in [2.75, 3.05) is 33.3 Å². The number of aryl methyl sites for hydroxylation is 2. The van der Waals surface area contributed by atoms with Gasteiger partial charge in [-0.25, -0.2) is 0 Å². The van der Waals surface area contributed by atoms with Gasteiger partial charge in [-0.2, -0.15) is 0 Å². The Morgan fingerprint density at radius 3 is 2.51 bits per heavy atom. The highest BCUT2D eigenvalue weighted by Gasteiger charge is 2.36. The van der Waals surface area contributed by atoms with Crippen molar-refractivity contribution in [3.63, 3.8) is 0 Å². The van der Waals surface area contributed by atoms with E-state index in [9.17, 15) is 4.79 Å². The topological polar surface area (TPSA) is 32.8 Å². The first-order valence-electron chi connectivity index (χ1n) is 12.6. The summed E-state index contributed by atoms with van der Waals surface area (Å²) in [5.74, 6) is 2.15. The second-order valence-electron chi connectivity index (χ2n) is 10.3. The van der Waals surface area contributed by atoms with Gasteiger partial charge in [-0.15, -0.1) is 11.3 Å². The molecule has 0 N–H and O–H groups in total. The molecule has 0 saturated carbocycles. The quantitative estimate of drug-likeness (QED) is 0.349. The second kappa shape index (κ2) is 11.4. The van der Waals surface area contributed by atoms with Crippen LogP contribution in [-0.2, 0) is 6.54 Å². The highest BCUT2D eigenvalue weighted by molar-refractivity contribution is 7.11. The van der Waals surface area contributed by atoms with Gasteiger partial charge in [-0.05, 0) is 67.6 Å². The van der Waals surface area contributed by atoms with Crippen LogP contribution < -0.4 is 4.74 Å². The van der Waals surface area contributed by atoms with Gasteiger partial charge < -0.3 is 9.64 Å². The van der Waals surface area contributed by atoms with Crippen molar-refractivity contribution in [2.24, 2.45) is 11.8 Å². The lowest BCUT2D eigenvalue weighted by Crippen LogP contribution is -2.39. The first-order valence-corrected chi connectivity index (χ1v) is 13.4. The minimum Gasteiger partial charge on any atom is -0.497 e. The summed E-state index contributed by atoms with van der Waals surface area (Å²) in [6.45, 7) is 13.1. The van der Waals surface area contributed by atoms with Crippen LogP contribution in [0, 0.1) is 25.7 Å². The summed E-state index contributed by atoms with van der Waals surface area (Å²) in [6.07, 6.45) is 0. The number of benzene rings is 2. The highest BCUT2D eigenvalue weighted by Crippen LogP contribution is 2.36. The Morgan fingerprint density at radius 1 is 1.09 bits per heavy atom. The van der Waals surface area contributed by atoms with E-state index in [1.165, 1.54) is 20.9 Å². The number of carbonyl (C=O) groups is 1. The molecule has 0 spiro atoms. The van der Waals surface area contributed by atoms with E-state index >= 15 is 0 Å². The Labute approximate surface area is 214 Å². The molecule has 1 aromatic heterocycles. The smallest absolute Gasteiger partial charge is 0.253 e.